The summed E-state index contributed by atoms with van der Waals surface area (Å²) in [4.78, 5) is 0. The van der Waals surface area contributed by atoms with E-state index in [0.29, 0.717) is 0 Å². The molecule has 0 aromatic heterocycles. The van der Waals surface area contributed by atoms with E-state index in [1.165, 1.54) is 38.5 Å². The van der Waals surface area contributed by atoms with E-state index in [-0.39, 0.29) is 0 Å². The van der Waals surface area contributed by atoms with Crippen molar-refractivity contribution in [2.45, 2.75) is 79.1 Å². The Bertz CT molecular complexity index is 428. The number of hydrogen-bond acceptors (Lipinski definition) is 1. The molecule has 0 aliphatic rings. The molecule has 0 aromatic rings. The monoisotopic (exact) mass is 342 g/mol. The summed E-state index contributed by atoms with van der Waals surface area (Å²) in [6, 6.07) is 0. The molecule has 0 rings (SSSR count). The van der Waals surface area contributed by atoms with E-state index in [2.05, 4.69) is 38.2 Å². The number of rotatable bonds is 14. The van der Waals surface area contributed by atoms with Crippen molar-refractivity contribution in [3.8, 4) is 0 Å². The van der Waals surface area contributed by atoms with Gasteiger partial charge in [-0.3, -0.25) is 0 Å². The Morgan fingerprint density at radius 1 is 0.680 bits per heavy atom. The van der Waals surface area contributed by atoms with Crippen LogP contribution in [0, 0.1) is 0 Å². The SMILES string of the molecule is CC=CC=C(C=CCCCCC)OC(C=CCCCCC)=CC=CC. The van der Waals surface area contributed by atoms with E-state index >= 15 is 0 Å². The van der Waals surface area contributed by atoms with Crippen molar-refractivity contribution in [2.24, 2.45) is 0 Å². The molecular weight excluding hydrogens is 304 g/mol. The van der Waals surface area contributed by atoms with Gasteiger partial charge in [0, 0.05) is 0 Å². The molecule has 0 unspecified atom stereocenters. The first-order valence-electron chi connectivity index (χ1n) is 9.95. The van der Waals surface area contributed by atoms with Crippen LogP contribution in [0.3, 0.4) is 0 Å². The largest absolute Gasteiger partial charge is 0.457 e. The van der Waals surface area contributed by atoms with Crippen LogP contribution in [-0.2, 0) is 4.74 Å². The highest BCUT2D eigenvalue weighted by molar-refractivity contribution is 5.25. The molecule has 0 N–H and O–H groups in total. The molecular formula is C24H38O. The lowest BCUT2D eigenvalue weighted by atomic mass is 10.2. The fraction of sp³-hybridized carbons (Fsp3) is 0.500. The summed E-state index contributed by atoms with van der Waals surface area (Å²) < 4.78 is 6.11. The van der Waals surface area contributed by atoms with Gasteiger partial charge in [0.25, 0.3) is 0 Å². The fourth-order valence-corrected chi connectivity index (χ4v) is 2.19. The smallest absolute Gasteiger partial charge is 0.127 e. The quantitative estimate of drug-likeness (QED) is 0.175. The van der Waals surface area contributed by atoms with Gasteiger partial charge in [0.15, 0.2) is 0 Å². The van der Waals surface area contributed by atoms with Crippen molar-refractivity contribution in [2.75, 3.05) is 0 Å². The molecule has 0 spiro atoms. The normalized spacial score (nSPS) is 13.9. The lowest BCUT2D eigenvalue weighted by molar-refractivity contribution is 0.336. The average Bonchev–Trinajstić information content (AvgIpc) is 2.63. The van der Waals surface area contributed by atoms with Crippen molar-refractivity contribution < 1.29 is 4.74 Å². The second-order valence-corrected chi connectivity index (χ2v) is 6.09. The Hall–Kier alpha value is -1.76. The fourth-order valence-electron chi connectivity index (χ4n) is 2.19. The third-order valence-corrected chi connectivity index (χ3v) is 3.65. The van der Waals surface area contributed by atoms with Gasteiger partial charge >= 0.3 is 0 Å². The zero-order valence-corrected chi connectivity index (χ0v) is 16.8. The second-order valence-electron chi connectivity index (χ2n) is 6.09. The molecule has 0 aliphatic carbocycles. The van der Waals surface area contributed by atoms with Crippen molar-refractivity contribution in [3.05, 3.63) is 72.3 Å². The lowest BCUT2D eigenvalue weighted by Gasteiger charge is -2.07. The first kappa shape index (κ1) is 23.2. The number of ether oxygens (including phenoxy) is 1. The molecule has 25 heavy (non-hydrogen) atoms. The Morgan fingerprint density at radius 3 is 1.48 bits per heavy atom. The molecule has 1 nitrogen and oxygen atoms in total. The number of hydrogen-bond donors (Lipinski definition) is 0. The Morgan fingerprint density at radius 2 is 1.12 bits per heavy atom. The predicted octanol–water partition coefficient (Wildman–Crippen LogP) is 8.20. The lowest BCUT2D eigenvalue weighted by Crippen LogP contribution is -1.89. The maximum Gasteiger partial charge on any atom is 0.127 e. The molecule has 0 saturated heterocycles. The van der Waals surface area contributed by atoms with Crippen LogP contribution >= 0.6 is 0 Å². The maximum atomic E-state index is 6.11. The van der Waals surface area contributed by atoms with Gasteiger partial charge in [-0.15, -0.1) is 0 Å². The van der Waals surface area contributed by atoms with Crippen LogP contribution in [0.5, 0.6) is 0 Å². The zero-order chi connectivity index (χ0) is 18.6. The zero-order valence-electron chi connectivity index (χ0n) is 16.8. The van der Waals surface area contributed by atoms with Crippen LogP contribution in [0.15, 0.2) is 72.3 Å². The Balaban J connectivity index is 4.88. The molecule has 0 fully saturated rings. The summed E-state index contributed by atoms with van der Waals surface area (Å²) in [5.74, 6) is 1.76. The molecule has 1 heteroatoms. The van der Waals surface area contributed by atoms with Gasteiger partial charge < -0.3 is 4.74 Å². The first-order valence-corrected chi connectivity index (χ1v) is 9.95. The summed E-state index contributed by atoms with van der Waals surface area (Å²) in [5, 5.41) is 0. The van der Waals surface area contributed by atoms with Crippen LogP contribution in [0.1, 0.15) is 79.1 Å². The average molecular weight is 343 g/mol. The topological polar surface area (TPSA) is 9.23 Å². The summed E-state index contributed by atoms with van der Waals surface area (Å²) in [6.45, 7) is 8.50. The van der Waals surface area contributed by atoms with Crippen LogP contribution in [-0.4, -0.2) is 0 Å². The Labute approximate surface area is 156 Å². The van der Waals surface area contributed by atoms with Gasteiger partial charge in [-0.05, 0) is 63.8 Å². The molecule has 0 saturated carbocycles. The molecule has 0 aromatic carbocycles. The molecule has 0 heterocycles. The summed E-state index contributed by atoms with van der Waals surface area (Å²) in [5.41, 5.74) is 0. The van der Waals surface area contributed by atoms with E-state index in [0.717, 1.165) is 24.4 Å². The van der Waals surface area contributed by atoms with Gasteiger partial charge in [0.05, 0.1) is 0 Å². The third kappa shape index (κ3) is 15.5. The molecule has 0 amide bonds. The predicted molar refractivity (Wildman–Crippen MR) is 113 cm³/mol. The highest BCUT2D eigenvalue weighted by Crippen LogP contribution is 2.13. The van der Waals surface area contributed by atoms with Gasteiger partial charge in [-0.2, -0.15) is 0 Å². The molecule has 0 radical (unpaired) electrons. The Kier molecular flexibility index (Phi) is 17.3. The maximum absolute atomic E-state index is 6.11. The molecule has 0 aliphatic heterocycles. The van der Waals surface area contributed by atoms with Crippen LogP contribution in [0.4, 0.5) is 0 Å². The molecule has 140 valence electrons. The summed E-state index contributed by atoms with van der Waals surface area (Å²) in [7, 11) is 0. The van der Waals surface area contributed by atoms with Crippen molar-refractivity contribution in [1.29, 1.82) is 0 Å². The summed E-state index contributed by atoms with van der Waals surface area (Å²) >= 11 is 0. The first-order chi connectivity index (χ1) is 12.3. The van der Waals surface area contributed by atoms with Crippen LogP contribution in [0.2, 0.25) is 0 Å². The van der Waals surface area contributed by atoms with Gasteiger partial charge in [0.1, 0.15) is 11.5 Å². The van der Waals surface area contributed by atoms with Gasteiger partial charge in [-0.1, -0.05) is 76.0 Å². The van der Waals surface area contributed by atoms with Crippen molar-refractivity contribution >= 4 is 0 Å². The number of allylic oxidation sites excluding steroid dienone is 10. The second kappa shape index (κ2) is 18.6. The minimum atomic E-state index is 0.878. The summed E-state index contributed by atoms with van der Waals surface area (Å²) in [6.07, 6.45) is 30.5. The van der Waals surface area contributed by atoms with Crippen molar-refractivity contribution in [3.63, 3.8) is 0 Å². The third-order valence-electron chi connectivity index (χ3n) is 3.65. The molecule has 0 bridgehead atoms. The van der Waals surface area contributed by atoms with Gasteiger partial charge in [-0.25, -0.2) is 0 Å². The standard InChI is InChI=1S/C24H38O/c1-5-9-13-15-17-21-23(19-11-7-3)25-24(20-12-8-4)22-18-16-14-10-6-2/h7-8,11-12,17-22H,5-6,9-10,13-16H2,1-4H3. The van der Waals surface area contributed by atoms with Gasteiger partial charge in [0.2, 0.25) is 0 Å². The number of unbranched alkanes of at least 4 members (excludes halogenated alkanes) is 6. The van der Waals surface area contributed by atoms with E-state index in [9.17, 15) is 0 Å². The highest BCUT2D eigenvalue weighted by atomic mass is 16.5. The highest BCUT2D eigenvalue weighted by Gasteiger charge is 1.97. The van der Waals surface area contributed by atoms with E-state index in [1.807, 2.05) is 50.3 Å². The minimum Gasteiger partial charge on any atom is -0.457 e. The van der Waals surface area contributed by atoms with Crippen LogP contribution in [0.25, 0.3) is 0 Å². The molecule has 0 atom stereocenters. The van der Waals surface area contributed by atoms with Crippen molar-refractivity contribution in [1.82, 2.24) is 0 Å². The minimum absolute atomic E-state index is 0.878. The van der Waals surface area contributed by atoms with E-state index in [4.69, 9.17) is 4.74 Å². The van der Waals surface area contributed by atoms with E-state index in [1.54, 1.807) is 0 Å². The van der Waals surface area contributed by atoms with E-state index < -0.39 is 0 Å². The van der Waals surface area contributed by atoms with Crippen LogP contribution < -0.4 is 0 Å².